The minimum absolute atomic E-state index is 0.230. The fraction of sp³-hybridized carbons (Fsp3) is 0.607. The highest BCUT2D eigenvalue weighted by atomic mass is 15.2. The Morgan fingerprint density at radius 3 is 2.22 bits per heavy atom. The maximum Gasteiger partial charge on any atom is 0.129 e. The van der Waals surface area contributed by atoms with Gasteiger partial charge in [-0.05, 0) is 85.9 Å². The van der Waals surface area contributed by atoms with E-state index in [1.54, 1.807) is 0 Å². The predicted molar refractivity (Wildman–Crippen MR) is 139 cm³/mol. The normalized spacial score (nSPS) is 19.7. The van der Waals surface area contributed by atoms with Crippen molar-refractivity contribution < 1.29 is 0 Å². The first-order chi connectivity index (χ1) is 15.2. The van der Waals surface area contributed by atoms with E-state index in [1.165, 1.54) is 42.4 Å². The van der Waals surface area contributed by atoms with Gasteiger partial charge in [0.1, 0.15) is 5.82 Å². The molecule has 0 spiro atoms. The average molecular weight is 437 g/mol. The zero-order valence-corrected chi connectivity index (χ0v) is 21.2. The summed E-state index contributed by atoms with van der Waals surface area (Å²) in [5.74, 6) is 1.12. The minimum Gasteiger partial charge on any atom is -0.356 e. The molecule has 0 radical (unpaired) electrons. The Balaban J connectivity index is 0.000000668. The van der Waals surface area contributed by atoms with Gasteiger partial charge in [0.2, 0.25) is 0 Å². The second kappa shape index (κ2) is 10.4. The second-order valence-electron chi connectivity index (χ2n) is 10.7. The molecular weight excluding hydrogens is 392 g/mol. The maximum absolute atomic E-state index is 5.06. The number of anilines is 1. The lowest BCUT2D eigenvalue weighted by Gasteiger charge is -2.42. The van der Waals surface area contributed by atoms with Crippen LogP contribution < -0.4 is 16.0 Å². The Labute approximate surface area is 196 Å². The summed E-state index contributed by atoms with van der Waals surface area (Å²) >= 11 is 0. The lowest BCUT2D eigenvalue weighted by molar-refractivity contribution is 0.332. The van der Waals surface area contributed by atoms with Crippen LogP contribution in [-0.2, 0) is 10.8 Å². The summed E-state index contributed by atoms with van der Waals surface area (Å²) in [6.45, 7) is 14.6. The van der Waals surface area contributed by atoms with E-state index in [4.69, 9.17) is 10.7 Å². The summed E-state index contributed by atoms with van der Waals surface area (Å²) in [5, 5.41) is 3.41. The van der Waals surface area contributed by atoms with Crippen LogP contribution in [0.3, 0.4) is 0 Å². The predicted octanol–water partition coefficient (Wildman–Crippen LogP) is 5.64. The molecule has 0 unspecified atom stereocenters. The van der Waals surface area contributed by atoms with E-state index in [0.29, 0.717) is 6.04 Å². The molecule has 0 bridgehead atoms. The molecule has 2 heterocycles. The van der Waals surface area contributed by atoms with Crippen molar-refractivity contribution in [2.45, 2.75) is 83.6 Å². The van der Waals surface area contributed by atoms with E-state index in [1.807, 2.05) is 0 Å². The molecule has 1 aliphatic carbocycles. The monoisotopic (exact) mass is 436 g/mol. The number of benzene rings is 1. The van der Waals surface area contributed by atoms with Gasteiger partial charge in [0.15, 0.2) is 0 Å². The summed E-state index contributed by atoms with van der Waals surface area (Å²) in [4.78, 5) is 7.49. The van der Waals surface area contributed by atoms with Gasteiger partial charge in [-0.1, -0.05) is 52.8 Å². The highest BCUT2D eigenvalue weighted by molar-refractivity contribution is 5.65. The van der Waals surface area contributed by atoms with Crippen LogP contribution in [0.2, 0.25) is 0 Å². The number of hydrogen-bond acceptors (Lipinski definition) is 4. The van der Waals surface area contributed by atoms with E-state index in [9.17, 15) is 0 Å². The molecule has 1 aliphatic heterocycles. The molecule has 4 heteroatoms. The van der Waals surface area contributed by atoms with Crippen molar-refractivity contribution in [3.05, 3.63) is 47.5 Å². The van der Waals surface area contributed by atoms with Crippen LogP contribution in [0.4, 0.5) is 5.82 Å². The average Bonchev–Trinajstić information content (AvgIpc) is 2.82. The van der Waals surface area contributed by atoms with Gasteiger partial charge in [0, 0.05) is 24.7 Å². The molecule has 4 nitrogen and oxygen atoms in total. The lowest BCUT2D eigenvalue weighted by Crippen LogP contribution is -2.41. The van der Waals surface area contributed by atoms with Crippen LogP contribution in [-0.4, -0.2) is 37.7 Å². The summed E-state index contributed by atoms with van der Waals surface area (Å²) in [5.41, 5.74) is 10.9. The van der Waals surface area contributed by atoms with Crippen molar-refractivity contribution in [2.24, 2.45) is 5.73 Å². The number of hydrogen-bond donors (Lipinski definition) is 2. The molecule has 1 aromatic carbocycles. The second-order valence-corrected chi connectivity index (χ2v) is 10.7. The number of nitrogens with two attached hydrogens (primary N) is 1. The smallest absolute Gasteiger partial charge is 0.129 e. The molecule has 0 amide bonds. The largest absolute Gasteiger partial charge is 0.356 e. The first-order valence-corrected chi connectivity index (χ1v) is 12.5. The number of nitrogens with zero attached hydrogens (tertiary/aromatic N) is 2. The van der Waals surface area contributed by atoms with Crippen molar-refractivity contribution in [3.63, 3.8) is 0 Å². The highest BCUT2D eigenvalue weighted by Gasteiger charge is 2.37. The maximum atomic E-state index is 5.06. The first kappa shape index (κ1) is 24.7. The third kappa shape index (κ3) is 5.52. The molecule has 176 valence electrons. The van der Waals surface area contributed by atoms with E-state index >= 15 is 0 Å². The van der Waals surface area contributed by atoms with Crippen molar-refractivity contribution in [1.82, 2.24) is 10.3 Å². The van der Waals surface area contributed by atoms with Gasteiger partial charge >= 0.3 is 0 Å². The molecule has 0 atom stereocenters. The Kier molecular flexibility index (Phi) is 8.00. The number of piperidine rings is 1. The minimum atomic E-state index is 0.230. The fourth-order valence-corrected chi connectivity index (χ4v) is 4.91. The lowest BCUT2D eigenvalue weighted by atomic mass is 9.63. The summed E-state index contributed by atoms with van der Waals surface area (Å²) < 4.78 is 0. The molecule has 2 aromatic rings. The van der Waals surface area contributed by atoms with Crippen molar-refractivity contribution in [2.75, 3.05) is 31.6 Å². The van der Waals surface area contributed by atoms with Gasteiger partial charge in [-0.2, -0.15) is 0 Å². The van der Waals surface area contributed by atoms with Crippen molar-refractivity contribution in [3.8, 4) is 11.3 Å². The quantitative estimate of drug-likeness (QED) is 0.651. The van der Waals surface area contributed by atoms with Crippen LogP contribution in [0.1, 0.15) is 77.8 Å². The van der Waals surface area contributed by atoms with E-state index in [-0.39, 0.29) is 10.8 Å². The third-order valence-electron chi connectivity index (χ3n) is 7.40. The fourth-order valence-electron chi connectivity index (χ4n) is 4.91. The Morgan fingerprint density at radius 2 is 1.62 bits per heavy atom. The number of fused-ring (bicyclic) bond motifs is 1. The first-order valence-electron chi connectivity index (χ1n) is 12.5. The zero-order chi connectivity index (χ0) is 23.4. The van der Waals surface area contributed by atoms with Crippen LogP contribution in [0.25, 0.3) is 11.3 Å². The van der Waals surface area contributed by atoms with Crippen LogP contribution in [0.15, 0.2) is 36.4 Å². The standard InChI is InChI=1S/C25H35N3.C3H9N/c1-24(2)13-14-25(3,4)21-17-18(9-10-20(21)24)22-7-6-8-23(27-22)28-15-11-19(26-5)12-16-28;1-2-3-4/h6-10,17,19,26H,11-16H2,1-5H3;2-4H2,1H3. The zero-order valence-electron chi connectivity index (χ0n) is 21.2. The molecule has 1 fully saturated rings. The molecule has 32 heavy (non-hydrogen) atoms. The topological polar surface area (TPSA) is 54.2 Å². The van der Waals surface area contributed by atoms with Gasteiger partial charge in [-0.15, -0.1) is 0 Å². The van der Waals surface area contributed by atoms with Crippen molar-refractivity contribution >= 4 is 5.82 Å². The summed E-state index contributed by atoms with van der Waals surface area (Å²) in [6, 6.07) is 14.2. The molecular formula is C28H44N4. The SMILES string of the molecule is CCCN.CNC1CCN(c2cccc(-c3ccc4c(c3)C(C)(C)CCC4(C)C)n2)CC1. The molecule has 3 N–H and O–H groups in total. The molecule has 0 saturated carbocycles. The van der Waals surface area contributed by atoms with E-state index in [0.717, 1.165) is 37.6 Å². The Morgan fingerprint density at radius 1 is 1.00 bits per heavy atom. The van der Waals surface area contributed by atoms with Gasteiger partial charge in [-0.25, -0.2) is 4.98 Å². The number of pyridine rings is 1. The molecule has 2 aliphatic rings. The van der Waals surface area contributed by atoms with Crippen LogP contribution in [0, 0.1) is 0 Å². The van der Waals surface area contributed by atoms with Gasteiger partial charge in [0.05, 0.1) is 5.69 Å². The van der Waals surface area contributed by atoms with Gasteiger partial charge < -0.3 is 16.0 Å². The number of rotatable bonds is 4. The molecule has 4 rings (SSSR count). The summed E-state index contributed by atoms with van der Waals surface area (Å²) in [6.07, 6.45) is 5.96. The summed E-state index contributed by atoms with van der Waals surface area (Å²) in [7, 11) is 2.07. The van der Waals surface area contributed by atoms with Gasteiger partial charge in [-0.3, -0.25) is 0 Å². The van der Waals surface area contributed by atoms with Crippen LogP contribution in [0.5, 0.6) is 0 Å². The van der Waals surface area contributed by atoms with E-state index in [2.05, 4.69) is 88.3 Å². The van der Waals surface area contributed by atoms with E-state index < -0.39 is 0 Å². The van der Waals surface area contributed by atoms with Crippen molar-refractivity contribution in [1.29, 1.82) is 0 Å². The highest BCUT2D eigenvalue weighted by Crippen LogP contribution is 2.46. The molecule has 1 saturated heterocycles. The van der Waals surface area contributed by atoms with Crippen LogP contribution >= 0.6 is 0 Å². The molecule has 1 aromatic heterocycles. The van der Waals surface area contributed by atoms with Gasteiger partial charge in [0.25, 0.3) is 0 Å². The Bertz CT molecular complexity index is 877. The number of aromatic nitrogens is 1. The number of nitrogens with one attached hydrogen (secondary N) is 1. The third-order valence-corrected chi connectivity index (χ3v) is 7.40. The Hall–Kier alpha value is -1.91.